The molecular formula is C18H12Br3PS. The lowest BCUT2D eigenvalue weighted by atomic mass is 10.4. The topological polar surface area (TPSA) is 0 Å². The molecule has 0 bridgehead atoms. The summed E-state index contributed by atoms with van der Waals surface area (Å²) in [6, 6.07) is 23.1. The van der Waals surface area contributed by atoms with E-state index in [9.17, 15) is 0 Å². The molecule has 0 spiro atoms. The maximum atomic E-state index is 6.30. The smallest absolute Gasteiger partial charge is 0.0379 e. The van der Waals surface area contributed by atoms with Gasteiger partial charge in [0.15, 0.2) is 0 Å². The van der Waals surface area contributed by atoms with Gasteiger partial charge in [-0.25, -0.2) is 0 Å². The summed E-state index contributed by atoms with van der Waals surface area (Å²) < 4.78 is 3.19. The molecule has 3 aromatic rings. The molecule has 0 N–H and O–H groups in total. The highest BCUT2D eigenvalue weighted by molar-refractivity contribution is 9.11. The fraction of sp³-hybridized carbons (Fsp3) is 0. The van der Waals surface area contributed by atoms with Crippen molar-refractivity contribution >= 4 is 81.5 Å². The number of hydrogen-bond acceptors (Lipinski definition) is 1. The summed E-state index contributed by atoms with van der Waals surface area (Å²) in [7, 11) is 0. The van der Waals surface area contributed by atoms with Gasteiger partial charge in [0, 0.05) is 19.5 Å². The molecule has 0 fully saturated rings. The quantitative estimate of drug-likeness (QED) is 0.390. The molecule has 0 saturated heterocycles. The maximum Gasteiger partial charge on any atom is 0.0379 e. The fourth-order valence-corrected chi connectivity index (χ4v) is 6.89. The van der Waals surface area contributed by atoms with Crippen LogP contribution in [-0.2, 0) is 11.8 Å². The fourth-order valence-electron chi connectivity index (χ4n) is 2.40. The summed E-state index contributed by atoms with van der Waals surface area (Å²) in [5.41, 5.74) is 0. The van der Waals surface area contributed by atoms with E-state index in [2.05, 4.69) is 121 Å². The van der Waals surface area contributed by atoms with E-state index in [1.165, 1.54) is 15.9 Å². The molecule has 0 aliphatic heterocycles. The van der Waals surface area contributed by atoms with Crippen molar-refractivity contribution in [2.24, 2.45) is 0 Å². The van der Waals surface area contributed by atoms with Crippen molar-refractivity contribution in [3.8, 4) is 0 Å². The van der Waals surface area contributed by atoms with Gasteiger partial charge in [0.25, 0.3) is 0 Å². The van der Waals surface area contributed by atoms with Gasteiger partial charge in [0.1, 0.15) is 0 Å². The molecule has 0 radical (unpaired) electrons. The average Bonchev–Trinajstić information content (AvgIpc) is 2.56. The second kappa shape index (κ2) is 7.33. The van der Waals surface area contributed by atoms with Gasteiger partial charge in [-0.2, -0.15) is 0 Å². The standard InChI is InChI=1S/C18H12Br3PS/c19-13-1-7-16(8-2-13)22(23,17-9-3-14(20)4-10-17)18-11-5-15(21)6-12-18/h1-12H. The molecule has 23 heavy (non-hydrogen) atoms. The van der Waals surface area contributed by atoms with Crippen LogP contribution in [0.4, 0.5) is 0 Å². The molecule has 0 aromatic heterocycles. The Balaban J connectivity index is 2.24. The number of hydrogen-bond donors (Lipinski definition) is 0. The lowest BCUT2D eigenvalue weighted by Crippen LogP contribution is -2.24. The van der Waals surface area contributed by atoms with E-state index in [1.54, 1.807) is 0 Å². The van der Waals surface area contributed by atoms with Crippen LogP contribution in [0.5, 0.6) is 0 Å². The van der Waals surface area contributed by atoms with E-state index in [0.29, 0.717) is 0 Å². The monoisotopic (exact) mass is 528 g/mol. The van der Waals surface area contributed by atoms with Crippen molar-refractivity contribution in [2.45, 2.75) is 0 Å². The summed E-state index contributed by atoms with van der Waals surface area (Å²) in [6.45, 7) is 0. The van der Waals surface area contributed by atoms with Crippen LogP contribution < -0.4 is 15.9 Å². The zero-order valence-electron chi connectivity index (χ0n) is 11.9. The van der Waals surface area contributed by atoms with Gasteiger partial charge < -0.3 is 0 Å². The van der Waals surface area contributed by atoms with Gasteiger partial charge in [-0.05, 0) is 52.3 Å². The normalized spacial score (nSPS) is 11.4. The number of benzene rings is 3. The third kappa shape index (κ3) is 3.72. The Morgan fingerprint density at radius 1 is 0.478 bits per heavy atom. The minimum atomic E-state index is -2.07. The Labute approximate surface area is 166 Å². The van der Waals surface area contributed by atoms with Gasteiger partial charge in [-0.3, -0.25) is 0 Å². The summed E-state index contributed by atoms with van der Waals surface area (Å²) in [6.07, 6.45) is 0. The van der Waals surface area contributed by atoms with Crippen LogP contribution in [0, 0.1) is 0 Å². The average molecular weight is 531 g/mol. The predicted molar refractivity (Wildman–Crippen MR) is 116 cm³/mol. The number of halogens is 3. The van der Waals surface area contributed by atoms with E-state index in [0.717, 1.165) is 13.4 Å². The molecule has 0 aliphatic rings. The van der Waals surface area contributed by atoms with Crippen LogP contribution in [0.1, 0.15) is 0 Å². The van der Waals surface area contributed by atoms with Crippen molar-refractivity contribution in [1.29, 1.82) is 0 Å². The van der Waals surface area contributed by atoms with Crippen LogP contribution in [0.2, 0.25) is 0 Å². The third-order valence-corrected chi connectivity index (χ3v) is 10.1. The summed E-state index contributed by atoms with van der Waals surface area (Å²) in [4.78, 5) is 0. The Morgan fingerprint density at radius 3 is 0.913 bits per heavy atom. The first kappa shape index (κ1) is 17.6. The third-order valence-electron chi connectivity index (χ3n) is 3.57. The lowest BCUT2D eigenvalue weighted by Gasteiger charge is -2.24. The van der Waals surface area contributed by atoms with Crippen LogP contribution in [0.25, 0.3) is 0 Å². The second-order valence-electron chi connectivity index (χ2n) is 5.04. The second-order valence-corrected chi connectivity index (χ2v) is 12.2. The first-order chi connectivity index (χ1) is 11.0. The summed E-state index contributed by atoms with van der Waals surface area (Å²) >= 11 is 16.8. The molecule has 0 aliphatic carbocycles. The summed E-state index contributed by atoms with van der Waals surface area (Å²) in [5, 5.41) is 3.58. The highest BCUT2D eigenvalue weighted by atomic mass is 79.9. The van der Waals surface area contributed by atoms with Crippen LogP contribution in [0.3, 0.4) is 0 Å². The molecule has 0 saturated carbocycles. The van der Waals surface area contributed by atoms with Crippen molar-refractivity contribution in [2.75, 3.05) is 0 Å². The minimum absolute atomic E-state index is 1.06. The molecule has 3 rings (SSSR count). The molecule has 0 atom stereocenters. The van der Waals surface area contributed by atoms with Crippen molar-refractivity contribution in [3.63, 3.8) is 0 Å². The summed E-state index contributed by atoms with van der Waals surface area (Å²) in [5.74, 6) is 0. The van der Waals surface area contributed by atoms with Crippen LogP contribution in [-0.4, -0.2) is 0 Å². The van der Waals surface area contributed by atoms with Crippen LogP contribution in [0.15, 0.2) is 86.2 Å². The highest BCUT2D eigenvalue weighted by Gasteiger charge is 2.24. The van der Waals surface area contributed by atoms with Crippen molar-refractivity contribution < 1.29 is 0 Å². The minimum Gasteiger partial charge on any atom is -0.0826 e. The largest absolute Gasteiger partial charge is 0.0826 e. The number of rotatable bonds is 3. The van der Waals surface area contributed by atoms with Gasteiger partial charge in [-0.15, -0.1) is 0 Å². The van der Waals surface area contributed by atoms with Gasteiger partial charge in [-0.1, -0.05) is 96.0 Å². The zero-order chi connectivity index (χ0) is 16.4. The van der Waals surface area contributed by atoms with E-state index >= 15 is 0 Å². The van der Waals surface area contributed by atoms with E-state index < -0.39 is 6.04 Å². The molecule has 3 aromatic carbocycles. The molecule has 5 heteroatoms. The zero-order valence-corrected chi connectivity index (χ0v) is 18.4. The molecular weight excluding hydrogens is 519 g/mol. The molecule has 0 amide bonds. The van der Waals surface area contributed by atoms with Gasteiger partial charge >= 0.3 is 0 Å². The Kier molecular flexibility index (Phi) is 5.60. The van der Waals surface area contributed by atoms with Gasteiger partial charge in [0.2, 0.25) is 0 Å². The Morgan fingerprint density at radius 2 is 0.696 bits per heavy atom. The van der Waals surface area contributed by atoms with Crippen molar-refractivity contribution in [3.05, 3.63) is 86.2 Å². The molecule has 0 heterocycles. The van der Waals surface area contributed by atoms with E-state index in [4.69, 9.17) is 11.8 Å². The lowest BCUT2D eigenvalue weighted by molar-refractivity contribution is 1.67. The molecule has 0 nitrogen and oxygen atoms in total. The first-order valence-corrected chi connectivity index (χ1v) is 12.1. The molecule has 116 valence electrons. The Hall–Kier alpha value is -0.250. The first-order valence-electron chi connectivity index (χ1n) is 6.88. The molecule has 0 unspecified atom stereocenters. The highest BCUT2D eigenvalue weighted by Crippen LogP contribution is 2.43. The van der Waals surface area contributed by atoms with Gasteiger partial charge in [0.05, 0.1) is 0 Å². The van der Waals surface area contributed by atoms with Crippen LogP contribution >= 0.6 is 53.8 Å². The maximum absolute atomic E-state index is 6.30. The predicted octanol–water partition coefficient (Wildman–Crippen LogP) is 5.73. The van der Waals surface area contributed by atoms with E-state index in [1.807, 2.05) is 0 Å². The van der Waals surface area contributed by atoms with Crippen molar-refractivity contribution in [1.82, 2.24) is 0 Å². The Bertz CT molecular complexity index is 739. The SMILES string of the molecule is S=P(c1ccc(Br)cc1)(c1ccc(Br)cc1)c1ccc(Br)cc1. The van der Waals surface area contributed by atoms with E-state index in [-0.39, 0.29) is 0 Å².